The SMILES string of the molecule is COc1ccc(-c2nc(NC(=O)C3CCN(Cc4ccccc4C(F)(F)F)CC3)sc2-c2ccc(OC)cc2)cc1. The Hall–Kier alpha value is -3.89. The molecule has 1 fully saturated rings. The molecule has 0 unspecified atom stereocenters. The number of likely N-dealkylation sites (tertiary alicyclic amines) is 1. The van der Waals surface area contributed by atoms with E-state index in [9.17, 15) is 18.0 Å². The van der Waals surface area contributed by atoms with E-state index in [1.165, 1.54) is 23.5 Å². The van der Waals surface area contributed by atoms with E-state index in [4.69, 9.17) is 14.5 Å². The molecule has 41 heavy (non-hydrogen) atoms. The molecule has 0 radical (unpaired) electrons. The first-order valence-corrected chi connectivity index (χ1v) is 14.0. The molecular formula is C31H30F3N3O3S. The van der Waals surface area contributed by atoms with Crippen molar-refractivity contribution >= 4 is 22.4 Å². The van der Waals surface area contributed by atoms with Crippen LogP contribution in [0.3, 0.4) is 0 Å². The van der Waals surface area contributed by atoms with Crippen molar-refractivity contribution < 1.29 is 27.4 Å². The molecule has 6 nitrogen and oxygen atoms in total. The molecule has 0 atom stereocenters. The number of hydrogen-bond donors (Lipinski definition) is 1. The van der Waals surface area contributed by atoms with E-state index in [1.807, 2.05) is 53.4 Å². The average Bonchev–Trinajstić information content (AvgIpc) is 3.41. The van der Waals surface area contributed by atoms with Gasteiger partial charge in [-0.3, -0.25) is 9.69 Å². The van der Waals surface area contributed by atoms with Crippen molar-refractivity contribution in [1.29, 1.82) is 0 Å². The number of hydrogen-bond acceptors (Lipinski definition) is 6. The Labute approximate surface area is 240 Å². The van der Waals surface area contributed by atoms with Crippen LogP contribution < -0.4 is 14.8 Å². The molecule has 0 saturated carbocycles. The van der Waals surface area contributed by atoms with Gasteiger partial charge in [0.25, 0.3) is 0 Å². The number of methoxy groups -OCH3 is 2. The van der Waals surface area contributed by atoms with Crippen LogP contribution in [0, 0.1) is 5.92 Å². The lowest BCUT2D eigenvalue weighted by Gasteiger charge is -2.31. The largest absolute Gasteiger partial charge is 0.497 e. The highest BCUT2D eigenvalue weighted by atomic mass is 32.1. The Morgan fingerprint density at radius 1 is 0.927 bits per heavy atom. The van der Waals surface area contributed by atoms with Crippen LogP contribution in [0.1, 0.15) is 24.0 Å². The Kier molecular flexibility index (Phi) is 8.60. The first kappa shape index (κ1) is 28.6. The van der Waals surface area contributed by atoms with Gasteiger partial charge in [0.05, 0.1) is 30.4 Å². The molecule has 0 bridgehead atoms. The van der Waals surface area contributed by atoms with Gasteiger partial charge in [-0.2, -0.15) is 13.2 Å². The molecular weight excluding hydrogens is 551 g/mol. The van der Waals surface area contributed by atoms with Crippen LogP contribution >= 0.6 is 11.3 Å². The Bertz CT molecular complexity index is 1410. The number of carbonyl (C=O) groups is 1. The third-order valence-electron chi connectivity index (χ3n) is 7.25. The topological polar surface area (TPSA) is 63.7 Å². The molecule has 0 aliphatic carbocycles. The summed E-state index contributed by atoms with van der Waals surface area (Å²) in [6, 6.07) is 20.9. The summed E-state index contributed by atoms with van der Waals surface area (Å²) in [5, 5.41) is 3.50. The van der Waals surface area contributed by atoms with Gasteiger partial charge in [0.15, 0.2) is 5.13 Å². The second-order valence-electron chi connectivity index (χ2n) is 9.85. The number of aromatic nitrogens is 1. The van der Waals surface area contributed by atoms with Gasteiger partial charge in [-0.05, 0) is 91.7 Å². The third kappa shape index (κ3) is 6.71. The highest BCUT2D eigenvalue weighted by molar-refractivity contribution is 7.19. The molecule has 1 aliphatic rings. The molecule has 1 amide bonds. The van der Waals surface area contributed by atoms with Crippen molar-refractivity contribution in [2.45, 2.75) is 25.6 Å². The second kappa shape index (κ2) is 12.3. The van der Waals surface area contributed by atoms with Gasteiger partial charge < -0.3 is 14.8 Å². The van der Waals surface area contributed by atoms with Crippen LogP contribution in [-0.4, -0.2) is 43.1 Å². The number of alkyl halides is 3. The van der Waals surface area contributed by atoms with Gasteiger partial charge in [-0.25, -0.2) is 4.98 Å². The summed E-state index contributed by atoms with van der Waals surface area (Å²) in [4.78, 5) is 20.9. The number of thiazole rings is 1. The number of rotatable bonds is 8. The minimum absolute atomic E-state index is 0.128. The van der Waals surface area contributed by atoms with E-state index < -0.39 is 11.7 Å². The fourth-order valence-electron chi connectivity index (χ4n) is 4.99. The molecule has 3 aromatic carbocycles. The molecule has 4 aromatic rings. The van der Waals surface area contributed by atoms with Crippen molar-refractivity contribution in [3.05, 3.63) is 83.9 Å². The van der Waals surface area contributed by atoms with Crippen LogP contribution in [0.15, 0.2) is 72.8 Å². The predicted octanol–water partition coefficient (Wildman–Crippen LogP) is 7.36. The van der Waals surface area contributed by atoms with Crippen LogP contribution in [-0.2, 0) is 17.5 Å². The van der Waals surface area contributed by atoms with Gasteiger partial charge in [-0.1, -0.05) is 29.5 Å². The summed E-state index contributed by atoms with van der Waals surface area (Å²) in [5.41, 5.74) is 2.23. The Morgan fingerprint density at radius 2 is 1.51 bits per heavy atom. The zero-order chi connectivity index (χ0) is 29.0. The van der Waals surface area contributed by atoms with Gasteiger partial charge in [0, 0.05) is 18.0 Å². The van der Waals surface area contributed by atoms with Crippen LogP contribution in [0.4, 0.5) is 18.3 Å². The van der Waals surface area contributed by atoms with Gasteiger partial charge >= 0.3 is 6.18 Å². The smallest absolute Gasteiger partial charge is 0.416 e. The molecule has 10 heteroatoms. The summed E-state index contributed by atoms with van der Waals surface area (Å²) >= 11 is 1.40. The Morgan fingerprint density at radius 3 is 2.10 bits per heavy atom. The number of nitrogens with zero attached hydrogens (tertiary/aromatic N) is 2. The van der Waals surface area contributed by atoms with Crippen molar-refractivity contribution in [2.24, 2.45) is 5.92 Å². The molecule has 2 heterocycles. The fraction of sp³-hybridized carbons (Fsp3) is 0.290. The van der Waals surface area contributed by atoms with Crippen molar-refractivity contribution in [3.8, 4) is 33.2 Å². The third-order valence-corrected chi connectivity index (χ3v) is 8.27. The number of ether oxygens (including phenoxy) is 2. The standard InChI is InChI=1S/C31H30F3N3O3S/c1-39-24-11-7-20(8-12-24)27-28(21-9-13-25(40-2)14-10-21)41-30(35-27)36-29(38)22-15-17-37(18-16-22)19-23-5-3-4-6-26(23)31(32,33)34/h3-14,22H,15-19H2,1-2H3,(H,35,36,38). The second-order valence-corrected chi connectivity index (χ2v) is 10.8. The van der Waals surface area contributed by atoms with Crippen molar-refractivity contribution in [3.63, 3.8) is 0 Å². The number of amides is 1. The maximum absolute atomic E-state index is 13.4. The van der Waals surface area contributed by atoms with Gasteiger partial charge in [-0.15, -0.1) is 0 Å². The first-order valence-electron chi connectivity index (χ1n) is 13.2. The molecule has 0 spiro atoms. The number of anilines is 1. The zero-order valence-corrected chi connectivity index (χ0v) is 23.5. The molecule has 5 rings (SSSR count). The summed E-state index contributed by atoms with van der Waals surface area (Å²) < 4.78 is 50.8. The first-order chi connectivity index (χ1) is 19.7. The highest BCUT2D eigenvalue weighted by Crippen LogP contribution is 2.40. The lowest BCUT2D eigenvalue weighted by Crippen LogP contribution is -2.38. The molecule has 214 valence electrons. The van der Waals surface area contributed by atoms with E-state index >= 15 is 0 Å². The van der Waals surface area contributed by atoms with Crippen LogP contribution in [0.25, 0.3) is 21.7 Å². The quantitative estimate of drug-likeness (QED) is 0.236. The average molecular weight is 582 g/mol. The fourth-order valence-corrected chi connectivity index (χ4v) is 5.99. The van der Waals surface area contributed by atoms with Crippen molar-refractivity contribution in [2.75, 3.05) is 32.6 Å². The summed E-state index contributed by atoms with van der Waals surface area (Å²) in [7, 11) is 3.23. The lowest BCUT2D eigenvalue weighted by atomic mass is 9.95. The maximum Gasteiger partial charge on any atom is 0.416 e. The van der Waals surface area contributed by atoms with E-state index in [2.05, 4.69) is 5.32 Å². The summed E-state index contributed by atoms with van der Waals surface area (Å²) in [6.07, 6.45) is -3.28. The van der Waals surface area contributed by atoms with Gasteiger partial charge in [0.1, 0.15) is 11.5 Å². The van der Waals surface area contributed by atoms with Crippen molar-refractivity contribution in [1.82, 2.24) is 9.88 Å². The minimum atomic E-state index is -4.39. The van der Waals surface area contributed by atoms with E-state index in [0.717, 1.165) is 39.3 Å². The number of piperidine rings is 1. The normalized spacial score (nSPS) is 14.6. The molecule has 1 aliphatic heterocycles. The summed E-state index contributed by atoms with van der Waals surface area (Å²) in [5.74, 6) is 1.10. The Balaban J connectivity index is 1.29. The van der Waals surface area contributed by atoms with E-state index in [0.29, 0.717) is 31.1 Å². The number of benzene rings is 3. The molecule has 1 aromatic heterocycles. The number of halogens is 3. The minimum Gasteiger partial charge on any atom is -0.497 e. The lowest BCUT2D eigenvalue weighted by molar-refractivity contribution is -0.138. The van der Waals surface area contributed by atoms with Crippen LogP contribution in [0.5, 0.6) is 11.5 Å². The zero-order valence-electron chi connectivity index (χ0n) is 22.7. The number of nitrogens with one attached hydrogen (secondary N) is 1. The van der Waals surface area contributed by atoms with E-state index in [-0.39, 0.29) is 23.9 Å². The van der Waals surface area contributed by atoms with Crippen LogP contribution in [0.2, 0.25) is 0 Å². The molecule has 1 saturated heterocycles. The highest BCUT2D eigenvalue weighted by Gasteiger charge is 2.34. The maximum atomic E-state index is 13.4. The van der Waals surface area contributed by atoms with Gasteiger partial charge in [0.2, 0.25) is 5.91 Å². The molecule has 1 N–H and O–H groups in total. The number of carbonyl (C=O) groups excluding carboxylic acids is 1. The predicted molar refractivity (Wildman–Crippen MR) is 154 cm³/mol. The van der Waals surface area contributed by atoms with E-state index in [1.54, 1.807) is 20.3 Å². The summed E-state index contributed by atoms with van der Waals surface area (Å²) in [6.45, 7) is 1.28. The monoisotopic (exact) mass is 581 g/mol.